The van der Waals surface area contributed by atoms with E-state index in [1.54, 1.807) is 26.2 Å². The first-order valence-electron chi connectivity index (χ1n) is 7.67. The lowest BCUT2D eigenvalue weighted by Gasteiger charge is -2.33. The summed E-state index contributed by atoms with van der Waals surface area (Å²) in [5, 5.41) is 0.299. The standard InChI is InChI=1S/C15H24ClN3O2S/c1-12(2)22(20,21)18-8-13-4-3-7-19(10-13)11-14-5-6-17-9-15(14)16/h5-6,9,12-13,18H,3-4,7-8,10-11H2,1-2H3/t13-/m1/s1. The van der Waals surface area contributed by atoms with Gasteiger partial charge in [0.2, 0.25) is 10.0 Å². The van der Waals surface area contributed by atoms with Gasteiger partial charge in [-0.1, -0.05) is 11.6 Å². The molecule has 1 aliphatic rings. The molecule has 0 spiro atoms. The van der Waals surface area contributed by atoms with Crippen LogP contribution in [0.25, 0.3) is 0 Å². The van der Waals surface area contributed by atoms with Crippen molar-refractivity contribution in [3.63, 3.8) is 0 Å². The quantitative estimate of drug-likeness (QED) is 0.859. The second-order valence-corrected chi connectivity index (χ2v) is 8.88. The second-order valence-electron chi connectivity index (χ2n) is 6.15. The van der Waals surface area contributed by atoms with E-state index in [2.05, 4.69) is 14.6 Å². The number of nitrogens with zero attached hydrogens (tertiary/aromatic N) is 2. The van der Waals surface area contributed by atoms with Gasteiger partial charge in [-0.3, -0.25) is 9.88 Å². The fraction of sp³-hybridized carbons (Fsp3) is 0.667. The van der Waals surface area contributed by atoms with Gasteiger partial charge in [0, 0.05) is 32.0 Å². The fourth-order valence-corrected chi connectivity index (χ4v) is 3.62. The lowest BCUT2D eigenvalue weighted by Crippen LogP contribution is -2.42. The number of aromatic nitrogens is 1. The number of likely N-dealkylation sites (tertiary alicyclic amines) is 1. The van der Waals surface area contributed by atoms with Gasteiger partial charge >= 0.3 is 0 Å². The van der Waals surface area contributed by atoms with Gasteiger partial charge in [0.05, 0.1) is 10.3 Å². The molecule has 1 aromatic rings. The number of nitrogens with one attached hydrogen (secondary N) is 1. The van der Waals surface area contributed by atoms with Gasteiger partial charge in [0.25, 0.3) is 0 Å². The Morgan fingerprint density at radius 1 is 1.50 bits per heavy atom. The van der Waals surface area contributed by atoms with Crippen molar-refractivity contribution in [2.24, 2.45) is 5.92 Å². The molecule has 1 saturated heterocycles. The zero-order chi connectivity index (χ0) is 16.2. The highest BCUT2D eigenvalue weighted by atomic mass is 35.5. The van der Waals surface area contributed by atoms with Gasteiger partial charge in [-0.05, 0) is 50.8 Å². The molecule has 0 saturated carbocycles. The Bertz CT molecular complexity index is 592. The number of hydrogen-bond acceptors (Lipinski definition) is 4. The van der Waals surface area contributed by atoms with Crippen LogP contribution in [0.3, 0.4) is 0 Å². The smallest absolute Gasteiger partial charge is 0.213 e. The first-order valence-corrected chi connectivity index (χ1v) is 9.60. The minimum atomic E-state index is -3.18. The SMILES string of the molecule is CC(C)S(=O)(=O)NC[C@H]1CCCN(Cc2ccncc2Cl)C1. The first-order chi connectivity index (χ1) is 10.4. The number of sulfonamides is 1. The summed E-state index contributed by atoms with van der Waals surface area (Å²) in [6.45, 7) is 6.60. The average molecular weight is 346 g/mol. The Hall–Kier alpha value is -0.690. The minimum absolute atomic E-state index is 0.350. The van der Waals surface area contributed by atoms with E-state index in [4.69, 9.17) is 11.6 Å². The predicted octanol–water partition coefficient (Wildman–Crippen LogP) is 2.27. The molecule has 0 aliphatic carbocycles. The van der Waals surface area contributed by atoms with Crippen molar-refractivity contribution in [3.05, 3.63) is 29.0 Å². The molecule has 1 aromatic heterocycles. The molecule has 1 aliphatic heterocycles. The normalized spacial score (nSPS) is 20.5. The molecule has 22 heavy (non-hydrogen) atoms. The highest BCUT2D eigenvalue weighted by Crippen LogP contribution is 2.21. The van der Waals surface area contributed by atoms with Crippen molar-refractivity contribution in [3.8, 4) is 0 Å². The van der Waals surface area contributed by atoms with Crippen LogP contribution in [0.15, 0.2) is 18.5 Å². The maximum Gasteiger partial charge on any atom is 0.213 e. The molecule has 1 fully saturated rings. The third-order valence-electron chi connectivity index (χ3n) is 4.05. The molecule has 0 amide bonds. The van der Waals surface area contributed by atoms with Crippen molar-refractivity contribution < 1.29 is 8.42 Å². The van der Waals surface area contributed by atoms with Gasteiger partial charge in [0.1, 0.15) is 0 Å². The van der Waals surface area contributed by atoms with E-state index in [0.717, 1.165) is 38.0 Å². The molecule has 0 radical (unpaired) electrons. The Labute approximate surface area is 138 Å². The summed E-state index contributed by atoms with van der Waals surface area (Å²) in [5.74, 6) is 0.350. The summed E-state index contributed by atoms with van der Waals surface area (Å²) >= 11 is 6.15. The van der Waals surface area contributed by atoms with Crippen molar-refractivity contribution in [2.75, 3.05) is 19.6 Å². The lowest BCUT2D eigenvalue weighted by atomic mass is 9.98. The van der Waals surface area contributed by atoms with Crippen LogP contribution >= 0.6 is 11.6 Å². The van der Waals surface area contributed by atoms with Crippen LogP contribution in [-0.4, -0.2) is 43.2 Å². The third kappa shape index (κ3) is 4.91. The molecule has 0 unspecified atom stereocenters. The maximum absolute atomic E-state index is 11.8. The summed E-state index contributed by atoms with van der Waals surface area (Å²) < 4.78 is 26.4. The van der Waals surface area contributed by atoms with Crippen LogP contribution in [0.5, 0.6) is 0 Å². The molecule has 0 bridgehead atoms. The number of halogens is 1. The monoisotopic (exact) mass is 345 g/mol. The predicted molar refractivity (Wildman–Crippen MR) is 89.3 cm³/mol. The van der Waals surface area contributed by atoms with E-state index in [9.17, 15) is 8.42 Å². The fourth-order valence-electron chi connectivity index (χ4n) is 2.64. The highest BCUT2D eigenvalue weighted by molar-refractivity contribution is 7.90. The molecule has 2 rings (SSSR count). The molecule has 0 aromatic carbocycles. The van der Waals surface area contributed by atoms with Crippen LogP contribution in [0, 0.1) is 5.92 Å². The topological polar surface area (TPSA) is 62.3 Å². The van der Waals surface area contributed by atoms with Crippen molar-refractivity contribution >= 4 is 21.6 Å². The molecule has 1 atom stereocenters. The average Bonchev–Trinajstić information content (AvgIpc) is 2.48. The first kappa shape index (κ1) is 17.7. The van der Waals surface area contributed by atoms with E-state index in [0.29, 0.717) is 17.5 Å². The number of piperidine rings is 1. The van der Waals surface area contributed by atoms with E-state index in [1.807, 2.05) is 6.07 Å². The van der Waals surface area contributed by atoms with Crippen LogP contribution in [-0.2, 0) is 16.6 Å². The number of hydrogen-bond donors (Lipinski definition) is 1. The summed E-state index contributed by atoms with van der Waals surface area (Å²) in [7, 11) is -3.18. The van der Waals surface area contributed by atoms with Gasteiger partial charge < -0.3 is 0 Å². The summed E-state index contributed by atoms with van der Waals surface area (Å²) in [5.41, 5.74) is 1.07. The molecular formula is C15H24ClN3O2S. The Morgan fingerprint density at radius 2 is 2.27 bits per heavy atom. The lowest BCUT2D eigenvalue weighted by molar-refractivity contribution is 0.169. The van der Waals surface area contributed by atoms with Crippen molar-refractivity contribution in [1.82, 2.24) is 14.6 Å². The van der Waals surface area contributed by atoms with Crippen LogP contribution in [0.2, 0.25) is 5.02 Å². The number of pyridine rings is 1. The van der Waals surface area contributed by atoms with E-state index >= 15 is 0 Å². The Balaban J connectivity index is 1.88. The molecular weight excluding hydrogens is 322 g/mol. The van der Waals surface area contributed by atoms with Crippen molar-refractivity contribution in [1.29, 1.82) is 0 Å². The van der Waals surface area contributed by atoms with E-state index < -0.39 is 10.0 Å². The zero-order valence-electron chi connectivity index (χ0n) is 13.1. The number of rotatable bonds is 6. The van der Waals surface area contributed by atoms with Crippen LogP contribution < -0.4 is 4.72 Å². The summed E-state index contributed by atoms with van der Waals surface area (Å²) in [6.07, 6.45) is 5.55. The zero-order valence-corrected chi connectivity index (χ0v) is 14.7. The van der Waals surface area contributed by atoms with Gasteiger partial charge in [-0.2, -0.15) is 0 Å². The van der Waals surface area contributed by atoms with Crippen molar-refractivity contribution in [2.45, 2.75) is 38.5 Å². The van der Waals surface area contributed by atoms with Crippen LogP contribution in [0.4, 0.5) is 0 Å². The molecule has 7 heteroatoms. The highest BCUT2D eigenvalue weighted by Gasteiger charge is 2.23. The third-order valence-corrected chi connectivity index (χ3v) is 6.20. The van der Waals surface area contributed by atoms with Gasteiger partial charge in [0.15, 0.2) is 0 Å². The second kappa shape index (κ2) is 7.73. The molecule has 124 valence electrons. The Morgan fingerprint density at radius 3 is 2.95 bits per heavy atom. The summed E-state index contributed by atoms with van der Waals surface area (Å²) in [4.78, 5) is 6.33. The van der Waals surface area contributed by atoms with E-state index in [1.165, 1.54) is 0 Å². The van der Waals surface area contributed by atoms with Gasteiger partial charge in [-0.25, -0.2) is 13.1 Å². The largest absolute Gasteiger partial charge is 0.299 e. The molecule has 2 heterocycles. The Kier molecular flexibility index (Phi) is 6.20. The molecule has 5 nitrogen and oxygen atoms in total. The summed E-state index contributed by atoms with van der Waals surface area (Å²) in [6, 6.07) is 1.94. The molecule has 1 N–H and O–H groups in total. The minimum Gasteiger partial charge on any atom is -0.299 e. The van der Waals surface area contributed by atoms with Crippen LogP contribution in [0.1, 0.15) is 32.3 Å². The maximum atomic E-state index is 11.8. The van der Waals surface area contributed by atoms with Gasteiger partial charge in [-0.15, -0.1) is 0 Å². The van der Waals surface area contributed by atoms with E-state index in [-0.39, 0.29) is 5.25 Å².